The van der Waals surface area contributed by atoms with Crippen LogP contribution in [-0.2, 0) is 0 Å². The quantitative estimate of drug-likeness (QED) is 0.429. The molecule has 1 heterocycles. The van der Waals surface area contributed by atoms with E-state index in [4.69, 9.17) is 5.11 Å². The van der Waals surface area contributed by atoms with Gasteiger partial charge in [0.15, 0.2) is 17.2 Å². The van der Waals surface area contributed by atoms with Gasteiger partial charge >= 0.3 is 6.03 Å². The number of nitrogens with one attached hydrogen (secondary N) is 1. The van der Waals surface area contributed by atoms with Gasteiger partial charge in [-0.15, -0.1) is 0 Å². The molecule has 7 nitrogen and oxygen atoms in total. The first-order chi connectivity index (χ1) is 10.0. The highest BCUT2D eigenvalue weighted by Gasteiger charge is 2.26. The SMILES string of the molecule is O=C(Nc1cc(O)c(O)c(O)c1)N1CCCCC1CCO. The Balaban J connectivity index is 2.09. The van der Waals surface area contributed by atoms with Crippen LogP contribution in [0.3, 0.4) is 0 Å². The average Bonchev–Trinajstić information content (AvgIpc) is 2.45. The Kier molecular flexibility index (Phi) is 4.74. The molecule has 1 aliphatic rings. The van der Waals surface area contributed by atoms with Crippen molar-refractivity contribution in [1.29, 1.82) is 0 Å². The van der Waals surface area contributed by atoms with Crippen molar-refractivity contribution in [2.24, 2.45) is 0 Å². The normalized spacial score (nSPS) is 18.5. The molecule has 1 saturated heterocycles. The van der Waals surface area contributed by atoms with Gasteiger partial charge in [-0.25, -0.2) is 4.79 Å². The highest BCUT2D eigenvalue weighted by atomic mass is 16.3. The van der Waals surface area contributed by atoms with Crippen LogP contribution in [-0.4, -0.2) is 50.6 Å². The minimum absolute atomic E-state index is 0.0111. The number of amides is 2. The molecule has 116 valence electrons. The van der Waals surface area contributed by atoms with Gasteiger partial charge in [0, 0.05) is 31.3 Å². The number of carbonyl (C=O) groups excluding carboxylic acids is 1. The molecule has 1 aromatic rings. The van der Waals surface area contributed by atoms with Crippen molar-refractivity contribution in [3.63, 3.8) is 0 Å². The molecule has 1 aromatic carbocycles. The predicted octanol–water partition coefficient (Wildman–Crippen LogP) is 1.57. The van der Waals surface area contributed by atoms with Crippen LogP contribution in [0, 0.1) is 0 Å². The second-order valence-corrected chi connectivity index (χ2v) is 5.15. The van der Waals surface area contributed by atoms with Crippen molar-refractivity contribution < 1.29 is 25.2 Å². The lowest BCUT2D eigenvalue weighted by molar-refractivity contribution is 0.141. The highest BCUT2D eigenvalue weighted by Crippen LogP contribution is 2.37. The molecule has 2 amide bonds. The summed E-state index contributed by atoms with van der Waals surface area (Å²) in [6.07, 6.45) is 3.30. The number of hydrogen-bond acceptors (Lipinski definition) is 5. The molecule has 0 spiro atoms. The number of carbonyl (C=O) groups is 1. The van der Waals surface area contributed by atoms with Gasteiger partial charge in [0.25, 0.3) is 0 Å². The van der Waals surface area contributed by atoms with Crippen molar-refractivity contribution in [3.8, 4) is 17.2 Å². The lowest BCUT2D eigenvalue weighted by Crippen LogP contribution is -2.46. The molecule has 1 atom stereocenters. The molecule has 0 aromatic heterocycles. The smallest absolute Gasteiger partial charge is 0.322 e. The molecule has 1 unspecified atom stereocenters. The Bertz CT molecular complexity index is 495. The number of anilines is 1. The number of piperidine rings is 1. The summed E-state index contributed by atoms with van der Waals surface area (Å²) in [7, 11) is 0. The van der Waals surface area contributed by atoms with Crippen LogP contribution in [0.2, 0.25) is 0 Å². The van der Waals surface area contributed by atoms with Crippen LogP contribution in [0.15, 0.2) is 12.1 Å². The van der Waals surface area contributed by atoms with Crippen molar-refractivity contribution in [1.82, 2.24) is 4.90 Å². The number of phenols is 3. The number of nitrogens with zero attached hydrogens (tertiary/aromatic N) is 1. The Labute approximate surface area is 122 Å². The fraction of sp³-hybridized carbons (Fsp3) is 0.500. The van der Waals surface area contributed by atoms with Crippen LogP contribution >= 0.6 is 0 Å². The van der Waals surface area contributed by atoms with E-state index in [2.05, 4.69) is 5.32 Å². The van der Waals surface area contributed by atoms with Crippen LogP contribution in [0.25, 0.3) is 0 Å². The van der Waals surface area contributed by atoms with Gasteiger partial charge in [-0.3, -0.25) is 0 Å². The first-order valence-corrected chi connectivity index (χ1v) is 6.96. The monoisotopic (exact) mass is 296 g/mol. The van der Waals surface area contributed by atoms with Crippen molar-refractivity contribution in [3.05, 3.63) is 12.1 Å². The summed E-state index contributed by atoms with van der Waals surface area (Å²) in [6.45, 7) is 0.627. The van der Waals surface area contributed by atoms with E-state index in [9.17, 15) is 20.1 Å². The van der Waals surface area contributed by atoms with Gasteiger partial charge in [-0.2, -0.15) is 0 Å². The average molecular weight is 296 g/mol. The summed E-state index contributed by atoms with van der Waals surface area (Å²) in [4.78, 5) is 13.9. The summed E-state index contributed by atoms with van der Waals surface area (Å²) in [5, 5.41) is 39.8. The van der Waals surface area contributed by atoms with E-state index in [0.29, 0.717) is 13.0 Å². The number of urea groups is 1. The van der Waals surface area contributed by atoms with Crippen LogP contribution in [0.4, 0.5) is 10.5 Å². The largest absolute Gasteiger partial charge is 0.504 e. The maximum Gasteiger partial charge on any atom is 0.322 e. The third-order valence-electron chi connectivity index (χ3n) is 3.67. The standard InChI is InChI=1S/C14H20N2O5/c17-6-4-10-3-1-2-5-16(10)14(21)15-9-7-11(18)13(20)12(19)8-9/h7-8,10,17-20H,1-6H2,(H,15,21). The molecule has 0 radical (unpaired) electrons. The lowest BCUT2D eigenvalue weighted by atomic mass is 10.0. The number of aliphatic hydroxyl groups excluding tert-OH is 1. The lowest BCUT2D eigenvalue weighted by Gasteiger charge is -2.35. The van der Waals surface area contributed by atoms with E-state index >= 15 is 0 Å². The third kappa shape index (κ3) is 3.49. The summed E-state index contributed by atoms with van der Waals surface area (Å²) in [5.41, 5.74) is 0.195. The Hall–Kier alpha value is -2.15. The van der Waals surface area contributed by atoms with E-state index in [-0.39, 0.29) is 24.4 Å². The summed E-state index contributed by atoms with van der Waals surface area (Å²) in [5.74, 6) is -1.63. The number of aliphatic hydroxyl groups is 1. The summed E-state index contributed by atoms with van der Waals surface area (Å²) in [6, 6.07) is 1.97. The number of benzene rings is 1. The summed E-state index contributed by atoms with van der Waals surface area (Å²) < 4.78 is 0. The molecule has 7 heteroatoms. The van der Waals surface area contributed by atoms with E-state index < -0.39 is 17.2 Å². The molecular weight excluding hydrogens is 276 g/mol. The predicted molar refractivity (Wildman–Crippen MR) is 76.5 cm³/mol. The maximum absolute atomic E-state index is 12.3. The first kappa shape index (κ1) is 15.2. The van der Waals surface area contributed by atoms with Gasteiger partial charge < -0.3 is 30.6 Å². The molecule has 5 N–H and O–H groups in total. The highest BCUT2D eigenvalue weighted by molar-refractivity contribution is 5.90. The zero-order valence-corrected chi connectivity index (χ0v) is 11.6. The number of rotatable bonds is 3. The van der Waals surface area contributed by atoms with Gasteiger partial charge in [0.05, 0.1) is 5.69 Å². The van der Waals surface area contributed by atoms with Crippen molar-refractivity contribution in [2.45, 2.75) is 31.7 Å². The second kappa shape index (κ2) is 6.53. The first-order valence-electron chi connectivity index (χ1n) is 6.96. The number of aromatic hydroxyl groups is 3. The Morgan fingerprint density at radius 1 is 1.24 bits per heavy atom. The second-order valence-electron chi connectivity index (χ2n) is 5.15. The van der Waals surface area contributed by atoms with E-state index in [0.717, 1.165) is 31.4 Å². The number of phenolic OH excluding ortho intramolecular Hbond substituents is 3. The maximum atomic E-state index is 12.3. The van der Waals surface area contributed by atoms with Crippen LogP contribution < -0.4 is 5.32 Å². The minimum Gasteiger partial charge on any atom is -0.504 e. The number of hydrogen-bond donors (Lipinski definition) is 5. The molecular formula is C14H20N2O5. The minimum atomic E-state index is -0.621. The van der Waals surface area contributed by atoms with Gasteiger partial charge in [0.1, 0.15) is 0 Å². The van der Waals surface area contributed by atoms with Crippen LogP contribution in [0.1, 0.15) is 25.7 Å². The third-order valence-corrected chi connectivity index (χ3v) is 3.67. The van der Waals surface area contributed by atoms with Gasteiger partial charge in [0.2, 0.25) is 0 Å². The van der Waals surface area contributed by atoms with E-state index in [1.807, 2.05) is 0 Å². The zero-order valence-electron chi connectivity index (χ0n) is 11.6. The van der Waals surface area contributed by atoms with Crippen molar-refractivity contribution >= 4 is 11.7 Å². The fourth-order valence-electron chi connectivity index (χ4n) is 2.59. The topological polar surface area (TPSA) is 113 Å². The molecule has 0 saturated carbocycles. The van der Waals surface area contributed by atoms with Crippen molar-refractivity contribution in [2.75, 3.05) is 18.5 Å². The Morgan fingerprint density at radius 2 is 1.90 bits per heavy atom. The van der Waals surface area contributed by atoms with Gasteiger partial charge in [-0.05, 0) is 25.7 Å². The zero-order chi connectivity index (χ0) is 15.4. The van der Waals surface area contributed by atoms with Crippen LogP contribution in [0.5, 0.6) is 17.2 Å². The molecule has 1 fully saturated rings. The summed E-state index contributed by atoms with van der Waals surface area (Å²) >= 11 is 0. The molecule has 21 heavy (non-hydrogen) atoms. The fourth-order valence-corrected chi connectivity index (χ4v) is 2.59. The van der Waals surface area contributed by atoms with E-state index in [1.165, 1.54) is 0 Å². The molecule has 0 aliphatic carbocycles. The molecule has 0 bridgehead atoms. The van der Waals surface area contributed by atoms with E-state index in [1.54, 1.807) is 4.90 Å². The van der Waals surface area contributed by atoms with Gasteiger partial charge in [-0.1, -0.05) is 0 Å². The molecule has 1 aliphatic heterocycles. The Morgan fingerprint density at radius 3 is 2.52 bits per heavy atom. The molecule has 2 rings (SSSR count). The number of likely N-dealkylation sites (tertiary alicyclic amines) is 1.